The number of hydrogen-bond acceptors (Lipinski definition) is 6. The predicted octanol–water partition coefficient (Wildman–Crippen LogP) is 3.26. The molecule has 0 radical (unpaired) electrons. The molecule has 0 saturated carbocycles. The van der Waals surface area contributed by atoms with Crippen molar-refractivity contribution in [2.24, 2.45) is 17.3 Å². The molecule has 0 unspecified atom stereocenters. The summed E-state index contributed by atoms with van der Waals surface area (Å²) in [4.78, 5) is 25.3. The fraction of sp³-hybridized carbons (Fsp3) is 0.857. The van der Waals surface area contributed by atoms with E-state index in [0.29, 0.717) is 0 Å². The highest BCUT2D eigenvalue weighted by molar-refractivity contribution is 8.17. The molecule has 0 N–H and O–H groups in total. The number of ether oxygens (including phenoxy) is 2. The number of carbonyl (C=O) groups excluding carboxylic acids is 2. The minimum atomic E-state index is -1.18. The Balaban J connectivity index is 2.32. The van der Waals surface area contributed by atoms with Crippen LogP contribution in [0.5, 0.6) is 0 Å². The summed E-state index contributed by atoms with van der Waals surface area (Å²) >= 11 is 2.83. The fourth-order valence-electron chi connectivity index (χ4n) is 2.87. The van der Waals surface area contributed by atoms with Crippen LogP contribution in [0.2, 0.25) is 0 Å². The number of esters is 2. The summed E-state index contributed by atoms with van der Waals surface area (Å²) in [6, 6.07) is 0. The molecule has 4 nitrogen and oxygen atoms in total. The first-order chi connectivity index (χ1) is 9.35. The van der Waals surface area contributed by atoms with E-state index in [-0.39, 0.29) is 11.8 Å². The first-order valence-electron chi connectivity index (χ1n) is 7.10. The zero-order valence-corrected chi connectivity index (χ0v) is 14.1. The third-order valence-corrected chi connectivity index (χ3v) is 6.76. The second-order valence-corrected chi connectivity index (χ2v) is 8.59. The Kier molecular flexibility index (Phi) is 4.64. The van der Waals surface area contributed by atoms with Crippen molar-refractivity contribution < 1.29 is 19.1 Å². The van der Waals surface area contributed by atoms with Crippen molar-refractivity contribution in [3.63, 3.8) is 0 Å². The van der Waals surface area contributed by atoms with Gasteiger partial charge in [0.05, 0.1) is 0 Å². The molecule has 0 bridgehead atoms. The van der Waals surface area contributed by atoms with E-state index in [0.717, 1.165) is 24.3 Å². The molecule has 2 aliphatic heterocycles. The highest BCUT2D eigenvalue weighted by atomic mass is 32.2. The van der Waals surface area contributed by atoms with Gasteiger partial charge in [-0.2, -0.15) is 0 Å². The van der Waals surface area contributed by atoms with Crippen LogP contribution in [-0.4, -0.2) is 27.9 Å². The minimum absolute atomic E-state index is 0.152. The molecule has 0 aromatic heterocycles. The second-order valence-electron chi connectivity index (χ2n) is 5.86. The first kappa shape index (κ1) is 16.0. The molecule has 2 rings (SSSR count). The van der Waals surface area contributed by atoms with Gasteiger partial charge >= 0.3 is 16.4 Å². The summed E-state index contributed by atoms with van der Waals surface area (Å²) in [6.07, 6.45) is 2.10. The molecule has 6 heteroatoms. The summed E-state index contributed by atoms with van der Waals surface area (Å²) in [7, 11) is 0. The van der Waals surface area contributed by atoms with Crippen molar-refractivity contribution in [3.05, 3.63) is 0 Å². The topological polar surface area (TPSA) is 52.6 Å². The van der Waals surface area contributed by atoms with Gasteiger partial charge in [0.1, 0.15) is 0 Å². The third kappa shape index (κ3) is 2.45. The van der Waals surface area contributed by atoms with Crippen molar-refractivity contribution in [3.8, 4) is 0 Å². The normalized spacial score (nSPS) is 25.5. The van der Waals surface area contributed by atoms with Crippen molar-refractivity contribution in [2.75, 3.05) is 11.5 Å². The highest BCUT2D eigenvalue weighted by Crippen LogP contribution is 2.52. The summed E-state index contributed by atoms with van der Waals surface area (Å²) < 4.78 is 10.1. The lowest BCUT2D eigenvalue weighted by atomic mass is 9.68. The standard InChI is InChI=1S/C14H22O4S2/c1-9(2)13(10(3)4)11(15)17-14(18-12(13)16)19-7-5-6-8-20-14/h9-10H,5-8H2,1-4H3. The van der Waals surface area contributed by atoms with Gasteiger partial charge in [0.25, 0.3) is 0 Å². The van der Waals surface area contributed by atoms with Crippen molar-refractivity contribution in [1.82, 2.24) is 0 Å². The average molecular weight is 318 g/mol. The largest absolute Gasteiger partial charge is 0.403 e. The van der Waals surface area contributed by atoms with Crippen LogP contribution >= 0.6 is 23.5 Å². The molecule has 0 aliphatic carbocycles. The number of hydrogen-bond donors (Lipinski definition) is 0. The van der Waals surface area contributed by atoms with Gasteiger partial charge in [-0.05, 0) is 24.7 Å². The lowest BCUT2D eigenvalue weighted by Crippen LogP contribution is -2.58. The number of rotatable bonds is 2. The van der Waals surface area contributed by atoms with E-state index in [2.05, 4.69) is 0 Å². The summed E-state index contributed by atoms with van der Waals surface area (Å²) in [6.45, 7) is 7.48. The van der Waals surface area contributed by atoms with E-state index in [1.165, 1.54) is 23.5 Å². The van der Waals surface area contributed by atoms with Gasteiger partial charge < -0.3 is 9.47 Å². The lowest BCUT2D eigenvalue weighted by Gasteiger charge is -2.45. The molecule has 20 heavy (non-hydrogen) atoms. The van der Waals surface area contributed by atoms with Gasteiger partial charge in [0, 0.05) is 11.5 Å². The third-order valence-electron chi connectivity index (χ3n) is 4.03. The van der Waals surface area contributed by atoms with Crippen LogP contribution in [-0.2, 0) is 19.1 Å². The van der Waals surface area contributed by atoms with E-state index >= 15 is 0 Å². The van der Waals surface area contributed by atoms with Crippen LogP contribution in [0.4, 0.5) is 0 Å². The van der Waals surface area contributed by atoms with Crippen molar-refractivity contribution >= 4 is 35.5 Å². The monoisotopic (exact) mass is 318 g/mol. The first-order valence-corrected chi connectivity index (χ1v) is 9.07. The molecular weight excluding hydrogens is 296 g/mol. The Morgan fingerprint density at radius 2 is 1.30 bits per heavy atom. The maximum atomic E-state index is 12.6. The van der Waals surface area contributed by atoms with E-state index in [1.54, 1.807) is 0 Å². The molecule has 2 saturated heterocycles. The minimum Gasteiger partial charge on any atom is -0.403 e. The predicted molar refractivity (Wildman–Crippen MR) is 81.2 cm³/mol. The maximum absolute atomic E-state index is 12.6. The Bertz CT molecular complexity index is 368. The van der Waals surface area contributed by atoms with Crippen LogP contribution in [0.25, 0.3) is 0 Å². The second kappa shape index (κ2) is 5.79. The summed E-state index contributed by atoms with van der Waals surface area (Å²) in [5.41, 5.74) is -1.18. The van der Waals surface area contributed by atoms with E-state index in [1.807, 2.05) is 27.7 Å². The van der Waals surface area contributed by atoms with Crippen LogP contribution in [0.15, 0.2) is 0 Å². The van der Waals surface area contributed by atoms with Gasteiger partial charge in [-0.1, -0.05) is 51.2 Å². The van der Waals surface area contributed by atoms with Crippen LogP contribution < -0.4 is 0 Å². The van der Waals surface area contributed by atoms with E-state index < -0.39 is 21.8 Å². The Morgan fingerprint density at radius 3 is 1.65 bits per heavy atom. The zero-order chi connectivity index (χ0) is 15.0. The molecule has 0 aromatic carbocycles. The van der Waals surface area contributed by atoms with E-state index in [4.69, 9.17) is 9.47 Å². The molecule has 114 valence electrons. The van der Waals surface area contributed by atoms with Gasteiger partial charge in [-0.15, -0.1) is 0 Å². The highest BCUT2D eigenvalue weighted by Gasteiger charge is 2.62. The van der Waals surface area contributed by atoms with E-state index in [9.17, 15) is 9.59 Å². The summed E-state index contributed by atoms with van der Waals surface area (Å²) in [5.74, 6) is 0.510. The van der Waals surface area contributed by atoms with Gasteiger partial charge in [0.2, 0.25) is 0 Å². The smallest absolute Gasteiger partial charge is 0.358 e. The molecule has 2 heterocycles. The Morgan fingerprint density at radius 1 is 0.900 bits per heavy atom. The van der Waals surface area contributed by atoms with Crippen LogP contribution in [0, 0.1) is 17.3 Å². The zero-order valence-electron chi connectivity index (χ0n) is 12.4. The molecule has 0 atom stereocenters. The summed E-state index contributed by atoms with van der Waals surface area (Å²) in [5, 5.41) is 0. The van der Waals surface area contributed by atoms with Crippen molar-refractivity contribution in [1.29, 1.82) is 0 Å². The number of thioether (sulfide) groups is 2. The Hall–Kier alpha value is -0.360. The molecule has 0 aromatic rings. The van der Waals surface area contributed by atoms with Crippen LogP contribution in [0.1, 0.15) is 40.5 Å². The maximum Gasteiger partial charge on any atom is 0.358 e. The van der Waals surface area contributed by atoms with Gasteiger partial charge in [-0.25, -0.2) is 0 Å². The molecule has 1 spiro atoms. The van der Waals surface area contributed by atoms with Gasteiger partial charge in [-0.3, -0.25) is 9.59 Å². The molecule has 0 amide bonds. The molecule has 2 fully saturated rings. The van der Waals surface area contributed by atoms with Gasteiger partial charge in [0.15, 0.2) is 5.41 Å². The molecule has 2 aliphatic rings. The Labute approximate surface area is 128 Å². The SMILES string of the molecule is CC(C)C1(C(C)C)C(=O)OC2(OC1=O)SCCCCS2. The quantitative estimate of drug-likeness (QED) is 0.575. The molecular formula is C14H22O4S2. The number of carbonyl (C=O) groups is 2. The lowest BCUT2D eigenvalue weighted by molar-refractivity contribution is -0.223. The van der Waals surface area contributed by atoms with Crippen molar-refractivity contribution in [2.45, 2.75) is 45.0 Å². The average Bonchev–Trinajstić information content (AvgIpc) is 2.53. The van der Waals surface area contributed by atoms with Crippen LogP contribution in [0.3, 0.4) is 0 Å². The fourth-order valence-corrected chi connectivity index (χ4v) is 5.44.